The monoisotopic (exact) mass is 583 g/mol. The Morgan fingerprint density at radius 3 is 2.41 bits per heavy atom. The lowest BCUT2D eigenvalue weighted by Gasteiger charge is -2.31. The van der Waals surface area contributed by atoms with E-state index < -0.39 is 10.0 Å². The Morgan fingerprint density at radius 1 is 1.05 bits per heavy atom. The van der Waals surface area contributed by atoms with Crippen LogP contribution in [-0.4, -0.2) is 81.9 Å². The van der Waals surface area contributed by atoms with Crippen LogP contribution in [0.15, 0.2) is 32.4 Å². The highest BCUT2D eigenvalue weighted by atomic mass is 32.2. The number of aryl methyl sites for hydroxylation is 3. The van der Waals surface area contributed by atoms with Crippen LogP contribution in [0.2, 0.25) is 0 Å². The minimum atomic E-state index is -3.77. The van der Waals surface area contributed by atoms with E-state index in [4.69, 9.17) is 19.3 Å². The van der Waals surface area contributed by atoms with E-state index in [1.807, 2.05) is 20.9 Å². The molecule has 0 saturated carbocycles. The van der Waals surface area contributed by atoms with E-state index in [2.05, 4.69) is 10.1 Å². The van der Waals surface area contributed by atoms with Crippen molar-refractivity contribution in [1.29, 1.82) is 0 Å². The molecule has 1 aliphatic heterocycles. The van der Waals surface area contributed by atoms with Crippen LogP contribution >= 0.6 is 0 Å². The Hall–Kier alpha value is -3.55. The normalized spacial score (nSPS) is 15.2. The predicted molar refractivity (Wildman–Crippen MR) is 155 cm³/mol. The van der Waals surface area contributed by atoms with Crippen molar-refractivity contribution in [3.8, 4) is 22.8 Å². The maximum atomic E-state index is 14.0. The molecule has 0 spiro atoms. The molecule has 0 amide bonds. The van der Waals surface area contributed by atoms with Crippen LogP contribution in [0.3, 0.4) is 0 Å². The average molecular weight is 584 g/mol. The molecule has 0 N–H and O–H groups in total. The fourth-order valence-corrected chi connectivity index (χ4v) is 6.60. The van der Waals surface area contributed by atoms with Crippen LogP contribution in [0, 0.1) is 13.8 Å². The first-order valence-electron chi connectivity index (χ1n) is 14.0. The number of ether oxygens (including phenoxy) is 1. The summed E-state index contributed by atoms with van der Waals surface area (Å²) in [5.41, 5.74) is 2.76. The fourth-order valence-electron chi connectivity index (χ4n) is 5.15. The third kappa shape index (κ3) is 5.17. The summed E-state index contributed by atoms with van der Waals surface area (Å²) < 4.78 is 43.2. The lowest BCUT2D eigenvalue weighted by molar-refractivity contribution is 0.222. The third-order valence-corrected chi connectivity index (χ3v) is 9.32. The second-order valence-electron chi connectivity index (χ2n) is 10.5. The number of rotatable bonds is 9. The van der Waals surface area contributed by atoms with Crippen molar-refractivity contribution in [2.75, 3.05) is 39.8 Å². The van der Waals surface area contributed by atoms with Gasteiger partial charge < -0.3 is 14.2 Å². The first-order chi connectivity index (χ1) is 19.6. The molecule has 220 valence electrons. The summed E-state index contributed by atoms with van der Waals surface area (Å²) in [6.45, 7) is 10.2. The fraction of sp³-hybridized carbons (Fsp3) is 0.500. The minimum absolute atomic E-state index is 0.135. The highest BCUT2D eigenvalue weighted by Gasteiger charge is 2.30. The Balaban J connectivity index is 1.73. The average Bonchev–Trinajstić information content (AvgIpc) is 3.47. The number of aromatic nitrogens is 5. The molecular weight excluding hydrogens is 546 g/mol. The van der Waals surface area contributed by atoms with Gasteiger partial charge in [-0.25, -0.2) is 18.1 Å². The van der Waals surface area contributed by atoms with Gasteiger partial charge in [0.15, 0.2) is 11.3 Å². The van der Waals surface area contributed by atoms with Crippen molar-refractivity contribution in [1.82, 2.24) is 33.7 Å². The summed E-state index contributed by atoms with van der Waals surface area (Å²) in [6, 6.07) is 4.80. The number of likely N-dealkylation sites (N-methyl/N-ethyl adjacent to an activating group) is 1. The SMILES string of the molecule is CCCOc1ccc(S(=O)(=O)N2CCN(C)CC2)cc1-c1nc2c(CCC)nn(-c3c(C)noc3C)c2c(=O)n1C. The van der Waals surface area contributed by atoms with Crippen LogP contribution < -0.4 is 10.3 Å². The van der Waals surface area contributed by atoms with Crippen molar-refractivity contribution in [3.05, 3.63) is 45.7 Å². The van der Waals surface area contributed by atoms with E-state index in [-0.39, 0.29) is 10.5 Å². The van der Waals surface area contributed by atoms with Gasteiger partial charge in [0.05, 0.1) is 22.8 Å². The first-order valence-corrected chi connectivity index (χ1v) is 15.4. The molecule has 3 aromatic heterocycles. The summed E-state index contributed by atoms with van der Waals surface area (Å²) in [4.78, 5) is 21.2. The van der Waals surface area contributed by atoms with E-state index in [0.29, 0.717) is 90.2 Å². The van der Waals surface area contributed by atoms with E-state index in [9.17, 15) is 13.2 Å². The zero-order valence-corrected chi connectivity index (χ0v) is 25.3. The highest BCUT2D eigenvalue weighted by Crippen LogP contribution is 2.34. The van der Waals surface area contributed by atoms with Crippen LogP contribution in [0.4, 0.5) is 0 Å². The largest absolute Gasteiger partial charge is 0.493 e. The molecule has 1 fully saturated rings. The Bertz CT molecular complexity index is 1730. The van der Waals surface area contributed by atoms with Gasteiger partial charge in [0, 0.05) is 33.2 Å². The van der Waals surface area contributed by atoms with Gasteiger partial charge >= 0.3 is 0 Å². The summed E-state index contributed by atoms with van der Waals surface area (Å²) in [6.07, 6.45) is 2.16. The Morgan fingerprint density at radius 2 is 1.78 bits per heavy atom. The van der Waals surface area contributed by atoms with Gasteiger partial charge in [-0.05, 0) is 51.9 Å². The van der Waals surface area contributed by atoms with Crippen LogP contribution in [0.5, 0.6) is 5.75 Å². The topological polar surface area (TPSA) is 129 Å². The minimum Gasteiger partial charge on any atom is -0.493 e. The third-order valence-electron chi connectivity index (χ3n) is 7.42. The van der Waals surface area contributed by atoms with Crippen molar-refractivity contribution in [2.24, 2.45) is 7.05 Å². The number of benzene rings is 1. The molecule has 0 bridgehead atoms. The second kappa shape index (κ2) is 11.4. The van der Waals surface area contributed by atoms with Crippen LogP contribution in [0.25, 0.3) is 28.1 Å². The maximum absolute atomic E-state index is 14.0. The predicted octanol–water partition coefficient (Wildman–Crippen LogP) is 3.07. The number of fused-ring (bicyclic) bond motifs is 1. The summed E-state index contributed by atoms with van der Waals surface area (Å²) >= 11 is 0. The first kappa shape index (κ1) is 29.0. The molecule has 1 aliphatic rings. The molecule has 5 rings (SSSR count). The smallest absolute Gasteiger partial charge is 0.280 e. The van der Waals surface area contributed by atoms with Gasteiger partial charge in [-0.1, -0.05) is 25.4 Å². The van der Waals surface area contributed by atoms with Gasteiger partial charge in [-0.3, -0.25) is 9.36 Å². The van der Waals surface area contributed by atoms with Gasteiger partial charge in [0.25, 0.3) is 5.56 Å². The van der Waals surface area contributed by atoms with Crippen LogP contribution in [0.1, 0.15) is 43.8 Å². The van der Waals surface area contributed by atoms with E-state index >= 15 is 0 Å². The van der Waals surface area contributed by atoms with Gasteiger partial charge in [0.2, 0.25) is 10.0 Å². The summed E-state index contributed by atoms with van der Waals surface area (Å²) in [5.74, 6) is 1.30. The number of hydrogen-bond acceptors (Lipinski definition) is 9. The molecule has 4 heterocycles. The summed E-state index contributed by atoms with van der Waals surface area (Å²) in [5, 5.41) is 8.82. The molecule has 13 heteroatoms. The zero-order valence-electron chi connectivity index (χ0n) is 24.5. The number of sulfonamides is 1. The molecule has 1 saturated heterocycles. The quantitative estimate of drug-likeness (QED) is 0.292. The molecule has 12 nitrogen and oxygen atoms in total. The number of hydrogen-bond donors (Lipinski definition) is 0. The van der Waals surface area contributed by atoms with E-state index in [1.165, 1.54) is 8.87 Å². The van der Waals surface area contributed by atoms with Gasteiger partial charge in [-0.15, -0.1) is 0 Å². The highest BCUT2D eigenvalue weighted by molar-refractivity contribution is 7.89. The molecule has 0 radical (unpaired) electrons. The standard InChI is InChI=1S/C28H37N7O5S/c1-7-9-22-24-26(35(30-22)25-18(3)31-40-19(25)4)28(36)33(6)27(29-24)21-17-20(10-11-23(21)39-16-8-2)41(37,38)34-14-12-32(5)13-15-34/h10-11,17H,7-9,12-16H2,1-6H3. The molecule has 41 heavy (non-hydrogen) atoms. The van der Waals surface area contributed by atoms with Gasteiger partial charge in [0.1, 0.15) is 28.5 Å². The second-order valence-corrected chi connectivity index (χ2v) is 12.4. The van der Waals surface area contributed by atoms with Crippen molar-refractivity contribution in [2.45, 2.75) is 51.9 Å². The molecular formula is C28H37N7O5S. The Kier molecular flexibility index (Phi) is 8.04. The zero-order chi connectivity index (χ0) is 29.5. The van der Waals surface area contributed by atoms with Crippen LogP contribution in [-0.2, 0) is 23.5 Å². The van der Waals surface area contributed by atoms with Crippen molar-refractivity contribution >= 4 is 21.1 Å². The lowest BCUT2D eigenvalue weighted by Crippen LogP contribution is -2.47. The number of nitrogens with zero attached hydrogens (tertiary/aromatic N) is 7. The molecule has 4 aromatic rings. The lowest BCUT2D eigenvalue weighted by atomic mass is 10.1. The molecule has 1 aromatic carbocycles. The van der Waals surface area contributed by atoms with Crippen molar-refractivity contribution in [3.63, 3.8) is 0 Å². The van der Waals surface area contributed by atoms with Gasteiger partial charge in [-0.2, -0.15) is 9.40 Å². The van der Waals surface area contributed by atoms with E-state index in [0.717, 1.165) is 12.8 Å². The summed E-state index contributed by atoms with van der Waals surface area (Å²) in [7, 11) is -0.167. The molecule has 0 aliphatic carbocycles. The molecule has 0 atom stereocenters. The van der Waals surface area contributed by atoms with E-state index in [1.54, 1.807) is 43.8 Å². The molecule has 0 unspecified atom stereocenters. The van der Waals surface area contributed by atoms with Crippen molar-refractivity contribution < 1.29 is 17.7 Å². The Labute approximate surface area is 239 Å². The maximum Gasteiger partial charge on any atom is 0.280 e. The number of piperazine rings is 1.